The summed E-state index contributed by atoms with van der Waals surface area (Å²) in [5.74, 6) is 0.760. The second kappa shape index (κ2) is 7.53. The molecule has 1 aromatic rings. The van der Waals surface area contributed by atoms with Gasteiger partial charge in [0.1, 0.15) is 12.4 Å². The summed E-state index contributed by atoms with van der Waals surface area (Å²) in [5, 5.41) is 12.8. The number of hydrogen-bond acceptors (Lipinski definition) is 5. The van der Waals surface area contributed by atoms with E-state index < -0.39 is 6.10 Å². The third-order valence-corrected chi connectivity index (χ3v) is 2.62. The van der Waals surface area contributed by atoms with E-state index in [1.165, 1.54) is 0 Å². The van der Waals surface area contributed by atoms with Gasteiger partial charge in [0.15, 0.2) is 0 Å². The van der Waals surface area contributed by atoms with Crippen molar-refractivity contribution >= 4 is 0 Å². The lowest BCUT2D eigenvalue weighted by Gasteiger charge is -2.24. The van der Waals surface area contributed by atoms with Gasteiger partial charge in [-0.3, -0.25) is 0 Å². The number of methoxy groups -OCH3 is 1. The van der Waals surface area contributed by atoms with Crippen molar-refractivity contribution in [2.75, 3.05) is 26.8 Å². The molecule has 0 aliphatic rings. The minimum atomic E-state index is -0.535. The Balaban J connectivity index is 2.05. The Morgan fingerprint density at radius 1 is 1.50 bits per heavy atom. The van der Waals surface area contributed by atoms with E-state index in [9.17, 15) is 5.11 Å². The van der Waals surface area contributed by atoms with Crippen molar-refractivity contribution in [2.45, 2.75) is 32.2 Å². The van der Waals surface area contributed by atoms with Crippen molar-refractivity contribution < 1.29 is 19.0 Å². The molecule has 1 atom stereocenters. The predicted octanol–water partition coefficient (Wildman–Crippen LogP) is 1.17. The van der Waals surface area contributed by atoms with Crippen LogP contribution >= 0.6 is 0 Å². The SMILES string of the molecule is COC(C)(C)CNCC(O)COCc1ccco1. The van der Waals surface area contributed by atoms with E-state index in [2.05, 4.69) is 5.32 Å². The number of hydrogen-bond donors (Lipinski definition) is 2. The number of nitrogens with one attached hydrogen (secondary N) is 1. The van der Waals surface area contributed by atoms with Crippen LogP contribution in [0.3, 0.4) is 0 Å². The van der Waals surface area contributed by atoms with Gasteiger partial charge in [-0.1, -0.05) is 0 Å². The molecule has 0 bridgehead atoms. The molecule has 0 saturated heterocycles. The van der Waals surface area contributed by atoms with Gasteiger partial charge in [-0.15, -0.1) is 0 Å². The molecule has 0 fully saturated rings. The molecule has 0 radical (unpaired) electrons. The van der Waals surface area contributed by atoms with Crippen molar-refractivity contribution in [3.8, 4) is 0 Å². The maximum absolute atomic E-state index is 9.69. The molecule has 1 aromatic heterocycles. The number of furan rings is 1. The summed E-state index contributed by atoms with van der Waals surface area (Å²) in [4.78, 5) is 0. The van der Waals surface area contributed by atoms with Crippen LogP contribution in [-0.2, 0) is 16.1 Å². The first kappa shape index (κ1) is 15.2. The average molecular weight is 257 g/mol. The highest BCUT2D eigenvalue weighted by Crippen LogP contribution is 2.05. The van der Waals surface area contributed by atoms with Crippen molar-refractivity contribution in [1.29, 1.82) is 0 Å². The Morgan fingerprint density at radius 3 is 2.89 bits per heavy atom. The zero-order valence-corrected chi connectivity index (χ0v) is 11.3. The standard InChI is InChI=1S/C13H23NO4/c1-13(2,16-3)10-14-7-11(15)8-17-9-12-5-4-6-18-12/h4-6,11,14-15H,7-10H2,1-3H3. The van der Waals surface area contributed by atoms with E-state index >= 15 is 0 Å². The Bertz CT molecular complexity index is 311. The highest BCUT2D eigenvalue weighted by molar-refractivity contribution is 4.96. The molecule has 0 spiro atoms. The number of rotatable bonds is 9. The maximum Gasteiger partial charge on any atom is 0.129 e. The van der Waals surface area contributed by atoms with E-state index in [1.807, 2.05) is 26.0 Å². The van der Waals surface area contributed by atoms with Crippen molar-refractivity contribution in [1.82, 2.24) is 5.32 Å². The second-order valence-corrected chi connectivity index (χ2v) is 4.84. The van der Waals surface area contributed by atoms with Gasteiger partial charge in [-0.25, -0.2) is 0 Å². The minimum Gasteiger partial charge on any atom is -0.467 e. The highest BCUT2D eigenvalue weighted by atomic mass is 16.5. The van der Waals surface area contributed by atoms with E-state index in [0.29, 0.717) is 19.7 Å². The van der Waals surface area contributed by atoms with Crippen LogP contribution in [0.1, 0.15) is 19.6 Å². The molecule has 0 aromatic carbocycles. The summed E-state index contributed by atoms with van der Waals surface area (Å²) in [6, 6.07) is 3.65. The van der Waals surface area contributed by atoms with Crippen LogP contribution in [0.25, 0.3) is 0 Å². The number of aliphatic hydroxyl groups is 1. The molecule has 1 rings (SSSR count). The van der Waals surface area contributed by atoms with E-state index in [4.69, 9.17) is 13.9 Å². The molecule has 18 heavy (non-hydrogen) atoms. The molecule has 2 N–H and O–H groups in total. The smallest absolute Gasteiger partial charge is 0.129 e. The van der Waals surface area contributed by atoms with Gasteiger partial charge >= 0.3 is 0 Å². The van der Waals surface area contributed by atoms with Crippen molar-refractivity contribution in [2.24, 2.45) is 0 Å². The first-order valence-electron chi connectivity index (χ1n) is 6.07. The second-order valence-electron chi connectivity index (χ2n) is 4.84. The Kier molecular flexibility index (Phi) is 6.35. The van der Waals surface area contributed by atoms with Crippen LogP contribution in [0, 0.1) is 0 Å². The largest absolute Gasteiger partial charge is 0.467 e. The molecule has 0 amide bonds. The molecule has 1 heterocycles. The van der Waals surface area contributed by atoms with Crippen LogP contribution in [0.4, 0.5) is 0 Å². The molecular weight excluding hydrogens is 234 g/mol. The number of aliphatic hydroxyl groups excluding tert-OH is 1. The minimum absolute atomic E-state index is 0.227. The summed E-state index contributed by atoms with van der Waals surface area (Å²) in [6.07, 6.45) is 1.07. The first-order chi connectivity index (χ1) is 8.53. The van der Waals surface area contributed by atoms with Crippen molar-refractivity contribution in [3.63, 3.8) is 0 Å². The fourth-order valence-electron chi connectivity index (χ4n) is 1.36. The Morgan fingerprint density at radius 2 is 2.28 bits per heavy atom. The summed E-state index contributed by atoms with van der Waals surface area (Å²) in [6.45, 7) is 5.79. The van der Waals surface area contributed by atoms with Gasteiger partial charge in [-0.2, -0.15) is 0 Å². The van der Waals surface area contributed by atoms with Crippen LogP contribution in [-0.4, -0.2) is 43.6 Å². The number of ether oxygens (including phenoxy) is 2. The van der Waals surface area contributed by atoms with Gasteiger partial charge in [0.2, 0.25) is 0 Å². The normalized spacial score (nSPS) is 13.8. The third kappa shape index (κ3) is 6.16. The summed E-state index contributed by atoms with van der Waals surface area (Å²) in [7, 11) is 1.67. The maximum atomic E-state index is 9.69. The first-order valence-corrected chi connectivity index (χ1v) is 6.07. The zero-order chi connectivity index (χ0) is 13.4. The lowest BCUT2D eigenvalue weighted by Crippen LogP contribution is -2.40. The molecule has 5 nitrogen and oxygen atoms in total. The lowest BCUT2D eigenvalue weighted by molar-refractivity contribution is 0.00695. The van der Waals surface area contributed by atoms with E-state index in [1.54, 1.807) is 13.4 Å². The fraction of sp³-hybridized carbons (Fsp3) is 0.692. The molecule has 1 unspecified atom stereocenters. The molecule has 0 aliphatic carbocycles. The third-order valence-electron chi connectivity index (χ3n) is 2.62. The van der Waals surface area contributed by atoms with Crippen molar-refractivity contribution in [3.05, 3.63) is 24.2 Å². The molecule has 0 aliphatic heterocycles. The predicted molar refractivity (Wildman–Crippen MR) is 68.3 cm³/mol. The quantitative estimate of drug-likeness (QED) is 0.695. The van der Waals surface area contributed by atoms with Gasteiger partial charge in [0, 0.05) is 20.2 Å². The molecular formula is C13H23NO4. The van der Waals surface area contributed by atoms with Gasteiger partial charge in [0.25, 0.3) is 0 Å². The van der Waals surface area contributed by atoms with E-state index in [-0.39, 0.29) is 12.2 Å². The zero-order valence-electron chi connectivity index (χ0n) is 11.3. The molecule has 5 heteroatoms. The summed E-state index contributed by atoms with van der Waals surface area (Å²) >= 11 is 0. The Hall–Kier alpha value is -0.880. The summed E-state index contributed by atoms with van der Waals surface area (Å²) < 4.78 is 15.7. The van der Waals surface area contributed by atoms with Gasteiger partial charge in [-0.05, 0) is 26.0 Å². The van der Waals surface area contributed by atoms with Crippen LogP contribution < -0.4 is 5.32 Å². The fourth-order valence-corrected chi connectivity index (χ4v) is 1.36. The monoisotopic (exact) mass is 257 g/mol. The highest BCUT2D eigenvalue weighted by Gasteiger charge is 2.16. The lowest BCUT2D eigenvalue weighted by atomic mass is 10.1. The average Bonchev–Trinajstić information content (AvgIpc) is 2.82. The molecule has 104 valence electrons. The van der Waals surface area contributed by atoms with Crippen LogP contribution in [0.5, 0.6) is 0 Å². The molecule has 0 saturated carbocycles. The topological polar surface area (TPSA) is 63.9 Å². The van der Waals surface area contributed by atoms with Gasteiger partial charge in [0.05, 0.1) is 24.6 Å². The van der Waals surface area contributed by atoms with Crippen LogP contribution in [0.15, 0.2) is 22.8 Å². The summed E-state index contributed by atoms with van der Waals surface area (Å²) in [5.41, 5.74) is -0.227. The van der Waals surface area contributed by atoms with E-state index in [0.717, 1.165) is 5.76 Å². The van der Waals surface area contributed by atoms with Gasteiger partial charge < -0.3 is 24.3 Å². The Labute approximate surface area is 108 Å². The van der Waals surface area contributed by atoms with Crippen LogP contribution in [0.2, 0.25) is 0 Å².